The number of esters is 1. The van der Waals surface area contributed by atoms with Gasteiger partial charge in [0.25, 0.3) is 0 Å². The van der Waals surface area contributed by atoms with E-state index >= 15 is 0 Å². The van der Waals surface area contributed by atoms with Gasteiger partial charge in [-0.2, -0.15) is 0 Å². The van der Waals surface area contributed by atoms with Gasteiger partial charge in [0.05, 0.1) is 18.4 Å². The number of thioether (sulfide) groups is 1. The molecule has 28 heavy (non-hydrogen) atoms. The van der Waals surface area contributed by atoms with Gasteiger partial charge in [-0.05, 0) is 29.8 Å². The summed E-state index contributed by atoms with van der Waals surface area (Å²) in [6.45, 7) is 0.109. The van der Waals surface area contributed by atoms with Crippen LogP contribution in [-0.4, -0.2) is 34.6 Å². The minimum Gasteiger partial charge on any atom is -0.465 e. The monoisotopic (exact) mass is 402 g/mol. The number of hydrogen-bond acceptors (Lipinski definition) is 4. The van der Waals surface area contributed by atoms with Crippen LogP contribution in [0.3, 0.4) is 0 Å². The van der Waals surface area contributed by atoms with Crippen molar-refractivity contribution in [3.05, 3.63) is 70.9 Å². The van der Waals surface area contributed by atoms with Gasteiger partial charge >= 0.3 is 5.97 Å². The number of ether oxygens (including phenoxy) is 1. The van der Waals surface area contributed by atoms with E-state index in [0.717, 1.165) is 22.5 Å². The van der Waals surface area contributed by atoms with Gasteiger partial charge in [0.15, 0.2) is 0 Å². The molecule has 0 saturated carbocycles. The topological polar surface area (TPSA) is 62.4 Å². The number of aromatic amines is 1. The predicted octanol–water partition coefficient (Wildman–Crippen LogP) is 4.01. The van der Waals surface area contributed by atoms with Crippen LogP contribution in [0.5, 0.6) is 0 Å². The fourth-order valence-corrected chi connectivity index (χ4v) is 4.59. The Bertz CT molecular complexity index is 1060. The Morgan fingerprint density at radius 1 is 1.25 bits per heavy atom. The molecule has 8 heteroatoms. The first-order valence-corrected chi connectivity index (χ1v) is 9.56. The largest absolute Gasteiger partial charge is 0.465 e. The van der Waals surface area contributed by atoms with Gasteiger partial charge in [0.1, 0.15) is 17.0 Å². The molecule has 1 N–H and O–H groups in total. The molecular weight excluding hydrogens is 386 g/mol. The minimum atomic E-state index is -0.673. The molecule has 1 aromatic heterocycles. The lowest BCUT2D eigenvalue weighted by atomic mass is 10.1. The molecule has 2 aromatic carbocycles. The molecule has 1 amide bonds. The third-order valence-electron chi connectivity index (χ3n) is 4.64. The highest BCUT2D eigenvalue weighted by Gasteiger charge is 2.34. The van der Waals surface area contributed by atoms with E-state index < -0.39 is 17.6 Å². The maximum Gasteiger partial charge on any atom is 0.337 e. The Kier molecular flexibility index (Phi) is 4.80. The van der Waals surface area contributed by atoms with Crippen LogP contribution >= 0.6 is 11.8 Å². The second-order valence-electron chi connectivity index (χ2n) is 6.46. The Balaban J connectivity index is 1.67. The number of nitrogens with one attached hydrogen (secondary N) is 1. The summed E-state index contributed by atoms with van der Waals surface area (Å²) in [5.41, 5.74) is 2.44. The van der Waals surface area contributed by atoms with E-state index in [1.165, 1.54) is 31.0 Å². The molecule has 1 unspecified atom stereocenters. The molecule has 0 radical (unpaired) electrons. The third-order valence-corrected chi connectivity index (χ3v) is 5.88. The number of hydrogen-bond donors (Lipinski definition) is 1. The predicted molar refractivity (Wildman–Crippen MR) is 102 cm³/mol. The number of carbonyl (C=O) groups is 2. The lowest BCUT2D eigenvalue weighted by molar-refractivity contribution is -0.128. The van der Waals surface area contributed by atoms with Crippen LogP contribution < -0.4 is 0 Å². The van der Waals surface area contributed by atoms with E-state index in [-0.39, 0.29) is 23.6 Å². The summed E-state index contributed by atoms with van der Waals surface area (Å²) in [5, 5.41) is 0.576. The number of amides is 1. The summed E-state index contributed by atoms with van der Waals surface area (Å²) in [6, 6.07) is 8.43. The van der Waals surface area contributed by atoms with Crippen molar-refractivity contribution < 1.29 is 23.1 Å². The van der Waals surface area contributed by atoms with Crippen LogP contribution in [0.25, 0.3) is 10.9 Å². The number of halogens is 2. The highest BCUT2D eigenvalue weighted by atomic mass is 32.2. The quantitative estimate of drug-likeness (QED) is 0.670. The smallest absolute Gasteiger partial charge is 0.337 e. The van der Waals surface area contributed by atoms with Crippen LogP contribution in [0.15, 0.2) is 42.6 Å². The van der Waals surface area contributed by atoms with E-state index in [0.29, 0.717) is 11.1 Å². The third kappa shape index (κ3) is 3.35. The summed E-state index contributed by atoms with van der Waals surface area (Å²) in [4.78, 5) is 28.9. The molecule has 0 spiro atoms. The van der Waals surface area contributed by atoms with Gasteiger partial charge in [0.2, 0.25) is 5.91 Å². The van der Waals surface area contributed by atoms with Crippen molar-refractivity contribution in [1.82, 2.24) is 9.88 Å². The summed E-state index contributed by atoms with van der Waals surface area (Å²) in [7, 11) is 1.32. The average molecular weight is 402 g/mol. The van der Waals surface area contributed by atoms with E-state index in [1.54, 1.807) is 29.3 Å². The maximum atomic E-state index is 13.5. The number of nitrogens with zero attached hydrogens (tertiary/aromatic N) is 1. The molecule has 2 heterocycles. The first kappa shape index (κ1) is 18.5. The zero-order chi connectivity index (χ0) is 19.8. The summed E-state index contributed by atoms with van der Waals surface area (Å²) in [5.74, 6) is -1.59. The van der Waals surface area contributed by atoms with E-state index in [2.05, 4.69) is 4.98 Å². The van der Waals surface area contributed by atoms with Crippen molar-refractivity contribution in [3.63, 3.8) is 0 Å². The second kappa shape index (κ2) is 7.27. The van der Waals surface area contributed by atoms with Crippen molar-refractivity contribution in [1.29, 1.82) is 0 Å². The Labute approximate surface area is 163 Å². The SMILES string of the molecule is COC(=O)c1ccc2c(C3SCC(=O)N3Cc3cc(F)cc(F)c3)c[nH]c2c1. The highest BCUT2D eigenvalue weighted by Crippen LogP contribution is 2.42. The fraction of sp³-hybridized carbons (Fsp3) is 0.200. The van der Waals surface area contributed by atoms with Gasteiger partial charge in [-0.15, -0.1) is 11.8 Å². The van der Waals surface area contributed by atoms with Crippen molar-refractivity contribution in [3.8, 4) is 0 Å². The molecular formula is C20H16F2N2O3S. The number of methoxy groups -OCH3 is 1. The highest BCUT2D eigenvalue weighted by molar-refractivity contribution is 8.00. The second-order valence-corrected chi connectivity index (χ2v) is 7.53. The Morgan fingerprint density at radius 2 is 2.00 bits per heavy atom. The Morgan fingerprint density at radius 3 is 2.71 bits per heavy atom. The zero-order valence-corrected chi connectivity index (χ0v) is 15.7. The summed E-state index contributed by atoms with van der Waals surface area (Å²) >= 11 is 1.45. The van der Waals surface area contributed by atoms with Gasteiger partial charge in [-0.1, -0.05) is 6.07 Å². The minimum absolute atomic E-state index is 0.0970. The van der Waals surface area contributed by atoms with Crippen LogP contribution in [0, 0.1) is 11.6 Å². The molecule has 1 aliphatic rings. The molecule has 4 rings (SSSR count). The number of benzene rings is 2. The first-order valence-electron chi connectivity index (χ1n) is 8.51. The number of aromatic nitrogens is 1. The van der Waals surface area contributed by atoms with Gasteiger partial charge < -0.3 is 14.6 Å². The number of H-pyrrole nitrogens is 1. The average Bonchev–Trinajstić information content (AvgIpc) is 3.23. The lowest BCUT2D eigenvalue weighted by Crippen LogP contribution is -2.27. The molecule has 144 valence electrons. The van der Waals surface area contributed by atoms with Crippen molar-refractivity contribution in [2.75, 3.05) is 12.9 Å². The fourth-order valence-electron chi connectivity index (χ4n) is 3.38. The van der Waals surface area contributed by atoms with Crippen molar-refractivity contribution >= 4 is 34.5 Å². The molecule has 1 aliphatic heterocycles. The normalized spacial score (nSPS) is 16.8. The van der Waals surface area contributed by atoms with E-state index in [9.17, 15) is 18.4 Å². The molecule has 1 saturated heterocycles. The summed E-state index contributed by atoms with van der Waals surface area (Å²) in [6.07, 6.45) is 1.79. The first-order chi connectivity index (χ1) is 13.5. The maximum absolute atomic E-state index is 13.5. The number of carbonyl (C=O) groups excluding carboxylic acids is 2. The van der Waals surface area contributed by atoms with E-state index in [1.807, 2.05) is 0 Å². The number of rotatable bonds is 4. The van der Waals surface area contributed by atoms with Crippen LogP contribution in [0.4, 0.5) is 8.78 Å². The van der Waals surface area contributed by atoms with Crippen LogP contribution in [0.1, 0.15) is 26.9 Å². The van der Waals surface area contributed by atoms with Crippen molar-refractivity contribution in [2.45, 2.75) is 11.9 Å². The van der Waals surface area contributed by atoms with Crippen molar-refractivity contribution in [2.24, 2.45) is 0 Å². The zero-order valence-electron chi connectivity index (χ0n) is 14.9. The molecule has 0 aliphatic carbocycles. The van der Waals surface area contributed by atoms with Crippen LogP contribution in [0.2, 0.25) is 0 Å². The number of fused-ring (bicyclic) bond motifs is 1. The lowest BCUT2D eigenvalue weighted by Gasteiger charge is -2.24. The van der Waals surface area contributed by atoms with Gasteiger partial charge in [0, 0.05) is 35.3 Å². The standard InChI is InChI=1S/C20H16F2N2O3S/c1-27-20(26)12-2-3-15-16(8-23-17(15)6-12)19-24(18(25)10-28-19)9-11-4-13(21)7-14(22)5-11/h2-8,19,23H,9-10H2,1H3. The van der Waals surface area contributed by atoms with Crippen LogP contribution in [-0.2, 0) is 16.1 Å². The molecule has 5 nitrogen and oxygen atoms in total. The molecule has 3 aromatic rings. The summed E-state index contributed by atoms with van der Waals surface area (Å²) < 4.78 is 31.8. The molecule has 0 bridgehead atoms. The Hall–Kier alpha value is -2.87. The van der Waals surface area contributed by atoms with Gasteiger partial charge in [-0.3, -0.25) is 4.79 Å². The molecule has 1 atom stereocenters. The molecule has 1 fully saturated rings. The van der Waals surface area contributed by atoms with E-state index in [4.69, 9.17) is 4.74 Å². The van der Waals surface area contributed by atoms with Gasteiger partial charge in [-0.25, -0.2) is 13.6 Å².